The van der Waals surface area contributed by atoms with Crippen LogP contribution in [0.5, 0.6) is 5.75 Å². The first-order chi connectivity index (χ1) is 12.6. The van der Waals surface area contributed by atoms with Crippen molar-refractivity contribution in [2.45, 2.75) is 50.3 Å². The van der Waals surface area contributed by atoms with Crippen LogP contribution in [0.15, 0.2) is 53.4 Å². The average Bonchev–Trinajstić information content (AvgIpc) is 2.66. The highest BCUT2D eigenvalue weighted by atomic mass is 32.2. The molecule has 2 aromatic carbocycles. The van der Waals surface area contributed by atoms with E-state index >= 15 is 0 Å². The largest absolute Gasteiger partial charge is 0.508 e. The summed E-state index contributed by atoms with van der Waals surface area (Å²) in [4.78, 5) is 24.9. The molecule has 0 amide bonds. The van der Waals surface area contributed by atoms with Gasteiger partial charge in [0, 0.05) is 35.3 Å². The van der Waals surface area contributed by atoms with Gasteiger partial charge in [0.1, 0.15) is 11.5 Å². The quantitative estimate of drug-likeness (QED) is 0.325. The molecule has 0 aliphatic heterocycles. The van der Waals surface area contributed by atoms with E-state index in [1.807, 2.05) is 37.3 Å². The molecule has 138 valence electrons. The standard InChI is InChI=1S/C22H26O3S/c1-2-21(24)18-10-8-12-20(16-18)26-14-7-3-4-11-19(23)15-17-9-5-6-13-22(17)25/h5-6,8-10,12-13,16,25H,2-4,7,11,14-15H2,1H3. The minimum Gasteiger partial charge on any atom is -0.508 e. The Morgan fingerprint density at radius 1 is 1.00 bits per heavy atom. The summed E-state index contributed by atoms with van der Waals surface area (Å²) in [7, 11) is 0. The molecule has 0 radical (unpaired) electrons. The number of rotatable bonds is 11. The van der Waals surface area contributed by atoms with Crippen molar-refractivity contribution >= 4 is 23.3 Å². The Bertz CT molecular complexity index is 740. The van der Waals surface area contributed by atoms with Gasteiger partial charge in [-0.2, -0.15) is 0 Å². The fourth-order valence-electron chi connectivity index (χ4n) is 2.72. The molecule has 0 saturated carbocycles. The minimum absolute atomic E-state index is 0.171. The lowest BCUT2D eigenvalue weighted by atomic mass is 10.0. The summed E-state index contributed by atoms with van der Waals surface area (Å²) in [6.45, 7) is 1.88. The van der Waals surface area contributed by atoms with Crippen LogP contribution in [-0.4, -0.2) is 22.4 Å². The van der Waals surface area contributed by atoms with Gasteiger partial charge < -0.3 is 5.11 Å². The zero-order chi connectivity index (χ0) is 18.8. The molecule has 0 aliphatic carbocycles. The fourth-order valence-corrected chi connectivity index (χ4v) is 3.68. The number of ketones is 2. The number of hydrogen-bond acceptors (Lipinski definition) is 4. The van der Waals surface area contributed by atoms with Crippen LogP contribution in [0.4, 0.5) is 0 Å². The van der Waals surface area contributed by atoms with Crippen LogP contribution >= 0.6 is 11.8 Å². The average molecular weight is 371 g/mol. The Kier molecular flexibility index (Phi) is 8.42. The van der Waals surface area contributed by atoms with Gasteiger partial charge in [-0.3, -0.25) is 9.59 Å². The van der Waals surface area contributed by atoms with E-state index in [-0.39, 0.29) is 17.3 Å². The van der Waals surface area contributed by atoms with Gasteiger partial charge >= 0.3 is 0 Å². The number of Topliss-reactive ketones (excluding diaryl/α,β-unsaturated/α-hetero) is 2. The Labute approximate surface area is 159 Å². The maximum atomic E-state index is 12.0. The van der Waals surface area contributed by atoms with Crippen LogP contribution in [0, 0.1) is 0 Å². The van der Waals surface area contributed by atoms with Gasteiger partial charge in [-0.1, -0.05) is 43.7 Å². The molecule has 0 fully saturated rings. The number of hydrogen-bond donors (Lipinski definition) is 1. The lowest BCUT2D eigenvalue weighted by Gasteiger charge is -2.05. The Balaban J connectivity index is 1.63. The van der Waals surface area contributed by atoms with E-state index in [1.54, 1.807) is 30.0 Å². The van der Waals surface area contributed by atoms with Crippen molar-refractivity contribution < 1.29 is 14.7 Å². The van der Waals surface area contributed by atoms with Crippen molar-refractivity contribution in [3.8, 4) is 5.75 Å². The predicted octanol–water partition coefficient (Wildman–Crippen LogP) is 5.45. The molecule has 2 aromatic rings. The molecule has 3 nitrogen and oxygen atoms in total. The third-order valence-corrected chi connectivity index (χ3v) is 5.31. The molecule has 0 aliphatic rings. The molecule has 0 aromatic heterocycles. The molecular formula is C22H26O3S. The van der Waals surface area contributed by atoms with Crippen LogP contribution in [0.25, 0.3) is 0 Å². The topological polar surface area (TPSA) is 54.4 Å². The van der Waals surface area contributed by atoms with E-state index in [4.69, 9.17) is 0 Å². The summed E-state index contributed by atoms with van der Waals surface area (Å²) in [5.74, 6) is 1.53. The summed E-state index contributed by atoms with van der Waals surface area (Å²) in [6, 6.07) is 14.8. The van der Waals surface area contributed by atoms with Crippen molar-refractivity contribution in [3.05, 3.63) is 59.7 Å². The molecule has 0 heterocycles. The summed E-state index contributed by atoms with van der Waals surface area (Å²) in [5.41, 5.74) is 1.49. The second-order valence-corrected chi connectivity index (χ2v) is 7.48. The van der Waals surface area contributed by atoms with Gasteiger partial charge in [0.2, 0.25) is 0 Å². The van der Waals surface area contributed by atoms with E-state index in [2.05, 4.69) is 0 Å². The number of unbranched alkanes of at least 4 members (excludes halogenated alkanes) is 2. The molecule has 0 unspecified atom stereocenters. The van der Waals surface area contributed by atoms with Gasteiger partial charge in [-0.25, -0.2) is 0 Å². The van der Waals surface area contributed by atoms with Crippen molar-refractivity contribution in [2.24, 2.45) is 0 Å². The zero-order valence-corrected chi connectivity index (χ0v) is 16.1. The Morgan fingerprint density at radius 3 is 2.58 bits per heavy atom. The lowest BCUT2D eigenvalue weighted by Crippen LogP contribution is -2.02. The smallest absolute Gasteiger partial charge is 0.162 e. The Morgan fingerprint density at radius 2 is 1.81 bits per heavy atom. The van der Waals surface area contributed by atoms with E-state index in [0.717, 1.165) is 35.5 Å². The molecule has 2 rings (SSSR count). The number of aromatic hydroxyl groups is 1. The first kappa shape index (κ1) is 20.2. The molecule has 0 bridgehead atoms. The van der Waals surface area contributed by atoms with Crippen LogP contribution < -0.4 is 0 Å². The van der Waals surface area contributed by atoms with E-state index < -0.39 is 0 Å². The number of carbonyl (C=O) groups excluding carboxylic acids is 2. The highest BCUT2D eigenvalue weighted by Gasteiger charge is 2.07. The van der Waals surface area contributed by atoms with Gasteiger partial charge in [-0.05, 0) is 36.8 Å². The fraction of sp³-hybridized carbons (Fsp3) is 0.364. The maximum absolute atomic E-state index is 12.0. The molecule has 0 saturated heterocycles. The van der Waals surface area contributed by atoms with Crippen molar-refractivity contribution in [2.75, 3.05) is 5.75 Å². The first-order valence-corrected chi connectivity index (χ1v) is 10.1. The van der Waals surface area contributed by atoms with Crippen molar-refractivity contribution in [1.82, 2.24) is 0 Å². The van der Waals surface area contributed by atoms with Crippen LogP contribution in [-0.2, 0) is 11.2 Å². The van der Waals surface area contributed by atoms with E-state index in [1.165, 1.54) is 0 Å². The number of para-hydroxylation sites is 1. The molecule has 26 heavy (non-hydrogen) atoms. The van der Waals surface area contributed by atoms with Crippen LogP contribution in [0.1, 0.15) is 54.9 Å². The number of phenolic OH excluding ortho intramolecular Hbond substituents is 1. The van der Waals surface area contributed by atoms with Crippen molar-refractivity contribution in [3.63, 3.8) is 0 Å². The van der Waals surface area contributed by atoms with Crippen LogP contribution in [0.3, 0.4) is 0 Å². The first-order valence-electron chi connectivity index (χ1n) is 9.14. The molecular weight excluding hydrogens is 344 g/mol. The molecule has 1 N–H and O–H groups in total. The van der Waals surface area contributed by atoms with Gasteiger partial charge in [0.15, 0.2) is 5.78 Å². The predicted molar refractivity (Wildman–Crippen MR) is 107 cm³/mol. The summed E-state index contributed by atoms with van der Waals surface area (Å²) in [6.07, 6.45) is 4.32. The zero-order valence-electron chi connectivity index (χ0n) is 15.2. The van der Waals surface area contributed by atoms with Gasteiger partial charge in [0.25, 0.3) is 0 Å². The van der Waals surface area contributed by atoms with E-state index in [0.29, 0.717) is 24.8 Å². The molecule has 0 atom stereocenters. The third kappa shape index (κ3) is 6.68. The highest BCUT2D eigenvalue weighted by molar-refractivity contribution is 7.99. The van der Waals surface area contributed by atoms with Crippen molar-refractivity contribution in [1.29, 1.82) is 0 Å². The van der Waals surface area contributed by atoms with Gasteiger partial charge in [0.05, 0.1) is 0 Å². The number of carbonyl (C=O) groups is 2. The summed E-state index contributed by atoms with van der Waals surface area (Å²) < 4.78 is 0. The molecule has 0 spiro atoms. The highest BCUT2D eigenvalue weighted by Crippen LogP contribution is 2.22. The summed E-state index contributed by atoms with van der Waals surface area (Å²) in [5, 5.41) is 9.70. The maximum Gasteiger partial charge on any atom is 0.162 e. The van der Waals surface area contributed by atoms with E-state index in [9.17, 15) is 14.7 Å². The molecule has 4 heteroatoms. The number of thioether (sulfide) groups is 1. The SMILES string of the molecule is CCC(=O)c1cccc(SCCCCCC(=O)Cc2ccccc2O)c1. The second-order valence-electron chi connectivity index (χ2n) is 6.31. The number of benzene rings is 2. The monoisotopic (exact) mass is 370 g/mol. The summed E-state index contributed by atoms with van der Waals surface area (Å²) >= 11 is 1.76. The second kappa shape index (κ2) is 10.8. The normalized spacial score (nSPS) is 10.7. The van der Waals surface area contributed by atoms with Crippen LogP contribution in [0.2, 0.25) is 0 Å². The minimum atomic E-state index is 0.171. The number of phenols is 1. The van der Waals surface area contributed by atoms with Gasteiger partial charge in [-0.15, -0.1) is 11.8 Å². The third-order valence-electron chi connectivity index (χ3n) is 4.23. The Hall–Kier alpha value is -2.07. The lowest BCUT2D eigenvalue weighted by molar-refractivity contribution is -0.118.